The quantitative estimate of drug-likeness (QED) is 0.338. The van der Waals surface area contributed by atoms with Crippen LogP contribution in [-0.4, -0.2) is 24.9 Å². The molecule has 6 heterocycles. The molecule has 5 aromatic heterocycles. The maximum Gasteiger partial charge on any atom is 0.0486 e. The normalized spacial score (nSPS) is 12.7. The lowest BCUT2D eigenvalue weighted by Crippen LogP contribution is -2.15. The number of nitrogens with zero attached hydrogens (tertiary/aromatic N) is 1. The number of hydrogen-bond donors (Lipinski definition) is 4. The first kappa shape index (κ1) is 16.7. The maximum atomic E-state index is 4.33. The molecule has 0 aliphatic carbocycles. The number of aromatic amines is 4. The zero-order valence-electron chi connectivity index (χ0n) is 16.1. The first-order chi connectivity index (χ1) is 14.8. The Bertz CT molecular complexity index is 1590. The highest BCUT2D eigenvalue weighted by molar-refractivity contribution is 5.77. The van der Waals surface area contributed by atoms with Gasteiger partial charge in [-0.15, -0.1) is 0 Å². The largest absolute Gasteiger partial charge is 0.355 e. The van der Waals surface area contributed by atoms with Crippen LogP contribution < -0.4 is 21.4 Å². The standard InChI is InChI=1S/C25H19N5/c1-2-16(15-26-11-1)25-23-9-7-21(29-23)13-19-5-3-17(27-19)12-18-4-6-20(28-18)14-22-8-10-24(25)30-22/h1-15,27-30H. The van der Waals surface area contributed by atoms with E-state index in [1.54, 1.807) is 6.20 Å². The van der Waals surface area contributed by atoms with Crippen LogP contribution in [0.2, 0.25) is 0 Å². The number of aromatic nitrogens is 5. The summed E-state index contributed by atoms with van der Waals surface area (Å²) in [5, 5.41) is 4.17. The van der Waals surface area contributed by atoms with Crippen molar-refractivity contribution in [2.24, 2.45) is 0 Å². The van der Waals surface area contributed by atoms with Crippen molar-refractivity contribution in [3.63, 3.8) is 0 Å². The molecule has 5 nitrogen and oxygen atoms in total. The van der Waals surface area contributed by atoms with E-state index in [0.29, 0.717) is 0 Å². The van der Waals surface area contributed by atoms with E-state index in [1.807, 2.05) is 12.3 Å². The molecule has 5 aromatic rings. The van der Waals surface area contributed by atoms with Gasteiger partial charge in [0.15, 0.2) is 0 Å². The van der Waals surface area contributed by atoms with Crippen molar-refractivity contribution in [2.75, 3.05) is 0 Å². The fourth-order valence-corrected chi connectivity index (χ4v) is 3.95. The first-order valence-corrected chi connectivity index (χ1v) is 9.89. The summed E-state index contributed by atoms with van der Waals surface area (Å²) < 4.78 is 0. The Hall–Kier alpha value is -4.25. The van der Waals surface area contributed by atoms with E-state index in [1.165, 1.54) is 0 Å². The molecule has 0 saturated carbocycles. The SMILES string of the molecule is C1=c2ccc([nH]2)=Cc2ccc([nH]2)C(c2cccnc2)=c2ccc([nH]2)=Cc2ccc1[nH]2. The molecule has 0 spiro atoms. The highest BCUT2D eigenvalue weighted by Crippen LogP contribution is 2.19. The topological polar surface area (TPSA) is 76.0 Å². The van der Waals surface area contributed by atoms with E-state index in [9.17, 15) is 0 Å². The molecule has 0 unspecified atom stereocenters. The third-order valence-electron chi connectivity index (χ3n) is 5.30. The van der Waals surface area contributed by atoms with Gasteiger partial charge in [-0.1, -0.05) is 6.07 Å². The van der Waals surface area contributed by atoms with Crippen molar-refractivity contribution in [3.8, 4) is 0 Å². The van der Waals surface area contributed by atoms with Gasteiger partial charge >= 0.3 is 0 Å². The van der Waals surface area contributed by atoms with Crippen molar-refractivity contribution in [3.05, 3.63) is 123 Å². The van der Waals surface area contributed by atoms with Gasteiger partial charge in [-0.2, -0.15) is 0 Å². The van der Waals surface area contributed by atoms with Gasteiger partial charge in [0.2, 0.25) is 0 Å². The summed E-state index contributed by atoms with van der Waals surface area (Å²) in [6.45, 7) is 0. The summed E-state index contributed by atoms with van der Waals surface area (Å²) in [7, 11) is 0. The number of fused-ring (bicyclic) bond motifs is 8. The molecule has 1 aliphatic heterocycles. The van der Waals surface area contributed by atoms with Gasteiger partial charge < -0.3 is 19.9 Å². The van der Waals surface area contributed by atoms with Crippen LogP contribution in [0, 0.1) is 0 Å². The Morgan fingerprint density at radius 2 is 1.23 bits per heavy atom. The molecule has 6 rings (SSSR count). The number of nitrogens with one attached hydrogen (secondary N) is 4. The Balaban J connectivity index is 1.68. The number of H-pyrrole nitrogens is 4. The zero-order chi connectivity index (χ0) is 19.9. The second kappa shape index (κ2) is 6.67. The van der Waals surface area contributed by atoms with Crippen molar-refractivity contribution >= 4 is 23.8 Å². The Kier molecular flexibility index (Phi) is 3.71. The molecular weight excluding hydrogens is 370 g/mol. The average Bonchev–Trinajstić information content (AvgIpc) is 3.54. The molecule has 0 saturated heterocycles. The van der Waals surface area contributed by atoms with Crippen molar-refractivity contribution < 1.29 is 0 Å². The van der Waals surface area contributed by atoms with E-state index >= 15 is 0 Å². The highest BCUT2D eigenvalue weighted by atomic mass is 14.8. The van der Waals surface area contributed by atoms with Gasteiger partial charge in [-0.05, 0) is 72.8 Å². The Morgan fingerprint density at radius 3 is 1.97 bits per heavy atom. The molecule has 4 N–H and O–H groups in total. The van der Waals surface area contributed by atoms with Crippen LogP contribution in [0.3, 0.4) is 0 Å². The minimum absolute atomic E-state index is 1.03. The van der Waals surface area contributed by atoms with Crippen LogP contribution >= 0.6 is 0 Å². The Morgan fingerprint density at radius 1 is 0.567 bits per heavy atom. The van der Waals surface area contributed by atoms with Crippen LogP contribution in [0.4, 0.5) is 0 Å². The molecule has 0 fully saturated rings. The summed E-state index contributed by atoms with van der Waals surface area (Å²) in [5.41, 5.74) is 6.31. The molecule has 0 aromatic carbocycles. The lowest BCUT2D eigenvalue weighted by atomic mass is 10.0. The van der Waals surface area contributed by atoms with Gasteiger partial charge in [0.05, 0.1) is 0 Å². The van der Waals surface area contributed by atoms with Gasteiger partial charge in [0, 0.05) is 67.7 Å². The molecule has 1 aliphatic rings. The van der Waals surface area contributed by atoms with E-state index in [0.717, 1.165) is 55.3 Å². The Labute approximate surface area is 171 Å². The van der Waals surface area contributed by atoms with Gasteiger partial charge in [0.25, 0.3) is 0 Å². The molecule has 144 valence electrons. The number of pyridine rings is 1. The van der Waals surface area contributed by atoms with Gasteiger partial charge in [-0.25, -0.2) is 0 Å². The predicted octanol–water partition coefficient (Wildman–Crippen LogP) is 1.44. The first-order valence-electron chi connectivity index (χ1n) is 9.89. The van der Waals surface area contributed by atoms with Gasteiger partial charge in [0.1, 0.15) is 0 Å². The summed E-state index contributed by atoms with van der Waals surface area (Å²) in [6, 6.07) is 20.8. The average molecular weight is 389 g/mol. The molecule has 0 amide bonds. The number of rotatable bonds is 1. The van der Waals surface area contributed by atoms with Crippen LogP contribution in [-0.2, 0) is 0 Å². The minimum Gasteiger partial charge on any atom is -0.355 e. The number of hydrogen-bond acceptors (Lipinski definition) is 1. The van der Waals surface area contributed by atoms with Crippen molar-refractivity contribution in [1.29, 1.82) is 0 Å². The van der Waals surface area contributed by atoms with E-state index in [-0.39, 0.29) is 0 Å². The van der Waals surface area contributed by atoms with E-state index in [2.05, 4.69) is 97.7 Å². The molecule has 30 heavy (non-hydrogen) atoms. The fraction of sp³-hybridized carbons (Fsp3) is 0. The molecule has 0 radical (unpaired) electrons. The summed E-state index contributed by atoms with van der Waals surface area (Å²) >= 11 is 0. The second-order valence-electron chi connectivity index (χ2n) is 7.44. The van der Waals surface area contributed by atoms with Crippen LogP contribution in [0.1, 0.15) is 28.3 Å². The molecule has 5 heteroatoms. The third kappa shape index (κ3) is 3.02. The van der Waals surface area contributed by atoms with E-state index in [4.69, 9.17) is 0 Å². The van der Waals surface area contributed by atoms with Crippen LogP contribution in [0.5, 0.6) is 0 Å². The zero-order valence-corrected chi connectivity index (χ0v) is 16.1. The third-order valence-corrected chi connectivity index (χ3v) is 5.30. The predicted molar refractivity (Wildman–Crippen MR) is 118 cm³/mol. The lowest BCUT2D eigenvalue weighted by Gasteiger charge is -2.05. The fourth-order valence-electron chi connectivity index (χ4n) is 3.95. The summed E-state index contributed by atoms with van der Waals surface area (Å²) in [4.78, 5) is 18.3. The summed E-state index contributed by atoms with van der Waals surface area (Å²) in [6.07, 6.45) is 10.0. The minimum atomic E-state index is 1.03. The summed E-state index contributed by atoms with van der Waals surface area (Å²) in [5.74, 6) is 0. The van der Waals surface area contributed by atoms with Crippen LogP contribution in [0.25, 0.3) is 23.8 Å². The lowest BCUT2D eigenvalue weighted by molar-refractivity contribution is 1.21. The maximum absolute atomic E-state index is 4.33. The van der Waals surface area contributed by atoms with Gasteiger partial charge in [-0.3, -0.25) is 4.98 Å². The molecular formula is C25H19N5. The highest BCUT2D eigenvalue weighted by Gasteiger charge is 2.10. The smallest absolute Gasteiger partial charge is 0.0486 e. The van der Waals surface area contributed by atoms with E-state index < -0.39 is 0 Å². The van der Waals surface area contributed by atoms with Crippen molar-refractivity contribution in [2.45, 2.75) is 0 Å². The molecule has 0 atom stereocenters. The van der Waals surface area contributed by atoms with Crippen molar-refractivity contribution in [1.82, 2.24) is 24.9 Å². The van der Waals surface area contributed by atoms with Crippen LogP contribution in [0.15, 0.2) is 73.1 Å². The molecule has 8 bridgehead atoms. The second-order valence-corrected chi connectivity index (χ2v) is 7.44. The monoisotopic (exact) mass is 389 g/mol.